The van der Waals surface area contributed by atoms with Crippen molar-refractivity contribution >= 4 is 39.5 Å². The second kappa shape index (κ2) is 8.64. The Morgan fingerprint density at radius 1 is 1.30 bits per heavy atom. The highest BCUT2D eigenvalue weighted by molar-refractivity contribution is 9.10. The third kappa shape index (κ3) is 4.05. The van der Waals surface area contributed by atoms with E-state index >= 15 is 0 Å². The van der Waals surface area contributed by atoms with E-state index in [-0.39, 0.29) is 12.2 Å². The van der Waals surface area contributed by atoms with Crippen molar-refractivity contribution in [1.82, 2.24) is 4.98 Å². The smallest absolute Gasteiger partial charge is 0.335 e. The molecular formula is C22H15BrN2O4S. The number of carbonyl (C=O) groups is 1. The zero-order valence-corrected chi connectivity index (χ0v) is 17.9. The first-order valence-electron chi connectivity index (χ1n) is 8.83. The van der Waals surface area contributed by atoms with Crippen LogP contribution in [0.25, 0.3) is 21.7 Å². The van der Waals surface area contributed by atoms with Crippen LogP contribution in [0.15, 0.2) is 69.3 Å². The van der Waals surface area contributed by atoms with Crippen LogP contribution in [0, 0.1) is 5.41 Å². The lowest BCUT2D eigenvalue weighted by atomic mass is 10.0. The lowest BCUT2D eigenvalue weighted by molar-refractivity contribution is 0.0696. The van der Waals surface area contributed by atoms with Gasteiger partial charge < -0.3 is 19.7 Å². The summed E-state index contributed by atoms with van der Waals surface area (Å²) in [5, 5.41) is 19.0. The molecule has 0 atom stereocenters. The molecule has 0 aliphatic rings. The number of hydrogen-bond donors (Lipinski definition) is 2. The van der Waals surface area contributed by atoms with E-state index in [0.717, 1.165) is 27.3 Å². The highest BCUT2D eigenvalue weighted by Gasteiger charge is 2.17. The summed E-state index contributed by atoms with van der Waals surface area (Å²) in [6.45, 7) is 0.160. The number of nitrogens with zero attached hydrogens (tertiary/aromatic N) is 1. The van der Waals surface area contributed by atoms with Crippen molar-refractivity contribution in [2.45, 2.75) is 6.61 Å². The van der Waals surface area contributed by atoms with Crippen LogP contribution in [0.2, 0.25) is 0 Å². The Bertz CT molecular complexity index is 1200. The third-order valence-corrected chi connectivity index (χ3v) is 6.07. The second-order valence-corrected chi connectivity index (χ2v) is 8.11. The second-order valence-electron chi connectivity index (χ2n) is 6.31. The maximum atomic E-state index is 11.1. The first kappa shape index (κ1) is 20.1. The van der Waals surface area contributed by atoms with Crippen LogP contribution < -0.4 is 4.74 Å². The monoisotopic (exact) mass is 482 g/mol. The van der Waals surface area contributed by atoms with Gasteiger partial charge in [0.2, 0.25) is 5.88 Å². The van der Waals surface area contributed by atoms with E-state index < -0.39 is 5.97 Å². The lowest BCUT2D eigenvalue weighted by Crippen LogP contribution is -2.04. The van der Waals surface area contributed by atoms with Crippen LogP contribution in [0.4, 0.5) is 0 Å². The van der Waals surface area contributed by atoms with Crippen molar-refractivity contribution in [2.75, 3.05) is 0 Å². The van der Waals surface area contributed by atoms with Crippen molar-refractivity contribution < 1.29 is 19.1 Å². The number of thiophene rings is 1. The number of aromatic carboxylic acids is 1. The largest absolute Gasteiger partial charge is 0.478 e. The first-order valence-corrected chi connectivity index (χ1v) is 10.5. The summed E-state index contributed by atoms with van der Waals surface area (Å²) in [5.74, 6) is -0.675. The van der Waals surface area contributed by atoms with Gasteiger partial charge in [0, 0.05) is 27.4 Å². The standard InChI is InChI=1S/C22H15BrN2O4S/c23-18-8-13(22(26)27)3-4-15(18)12-29-21-17(10-24)16(14-5-6-28-11-14)9-19(25-21)20-2-1-7-30-20/h1-11,24H,12H2,(H,26,27). The topological polar surface area (TPSA) is 96.4 Å². The van der Waals surface area contributed by atoms with Gasteiger partial charge >= 0.3 is 5.97 Å². The van der Waals surface area contributed by atoms with Gasteiger partial charge in [-0.1, -0.05) is 28.1 Å². The van der Waals surface area contributed by atoms with Crippen molar-refractivity contribution in [3.05, 3.63) is 81.5 Å². The molecule has 4 aromatic rings. The number of furan rings is 1. The van der Waals surface area contributed by atoms with E-state index in [2.05, 4.69) is 20.9 Å². The average Bonchev–Trinajstić information content (AvgIpc) is 3.46. The molecule has 0 saturated carbocycles. The van der Waals surface area contributed by atoms with Gasteiger partial charge in [-0.15, -0.1) is 11.3 Å². The van der Waals surface area contributed by atoms with Gasteiger partial charge in [0.05, 0.1) is 34.2 Å². The molecule has 3 heterocycles. The number of ether oxygens (including phenoxy) is 1. The Hall–Kier alpha value is -3.23. The Labute approximate surface area is 184 Å². The maximum absolute atomic E-state index is 11.1. The third-order valence-electron chi connectivity index (χ3n) is 4.44. The van der Waals surface area contributed by atoms with E-state index in [4.69, 9.17) is 19.7 Å². The molecule has 0 aliphatic heterocycles. The molecule has 0 amide bonds. The number of aromatic nitrogens is 1. The van der Waals surface area contributed by atoms with Crippen molar-refractivity contribution in [3.8, 4) is 27.6 Å². The van der Waals surface area contributed by atoms with E-state index in [1.807, 2.05) is 29.6 Å². The predicted octanol–water partition coefficient (Wildman–Crippen LogP) is 6.11. The summed E-state index contributed by atoms with van der Waals surface area (Å²) < 4.78 is 11.9. The molecule has 1 aromatic carbocycles. The highest BCUT2D eigenvalue weighted by Crippen LogP contribution is 2.35. The summed E-state index contributed by atoms with van der Waals surface area (Å²) in [6.07, 6.45) is 4.41. The molecule has 0 fully saturated rings. The molecule has 30 heavy (non-hydrogen) atoms. The van der Waals surface area contributed by atoms with Gasteiger partial charge in [-0.3, -0.25) is 0 Å². The van der Waals surface area contributed by atoms with Crippen LogP contribution in [0.3, 0.4) is 0 Å². The fraction of sp³-hybridized carbons (Fsp3) is 0.0455. The molecule has 2 N–H and O–H groups in total. The number of hydrogen-bond acceptors (Lipinski definition) is 6. The molecule has 8 heteroatoms. The molecule has 150 valence electrons. The van der Waals surface area contributed by atoms with Gasteiger partial charge in [-0.25, -0.2) is 9.78 Å². The molecule has 4 rings (SSSR count). The van der Waals surface area contributed by atoms with Gasteiger partial charge in [0.15, 0.2) is 0 Å². The van der Waals surface area contributed by atoms with Crippen molar-refractivity contribution in [2.24, 2.45) is 0 Å². The Morgan fingerprint density at radius 2 is 2.17 bits per heavy atom. The van der Waals surface area contributed by atoms with Crippen molar-refractivity contribution in [3.63, 3.8) is 0 Å². The maximum Gasteiger partial charge on any atom is 0.335 e. The van der Waals surface area contributed by atoms with Crippen LogP contribution in [-0.4, -0.2) is 22.3 Å². The predicted molar refractivity (Wildman–Crippen MR) is 119 cm³/mol. The minimum Gasteiger partial charge on any atom is -0.478 e. The zero-order valence-electron chi connectivity index (χ0n) is 15.5. The van der Waals surface area contributed by atoms with Crippen LogP contribution in [-0.2, 0) is 6.61 Å². The normalized spacial score (nSPS) is 10.7. The number of halogens is 1. The Kier molecular flexibility index (Phi) is 5.78. The number of carboxylic acids is 1. The van der Waals surface area contributed by atoms with Crippen LogP contribution in [0.5, 0.6) is 5.88 Å². The molecular weight excluding hydrogens is 468 g/mol. The summed E-state index contributed by atoms with van der Waals surface area (Å²) >= 11 is 4.96. The van der Waals surface area contributed by atoms with Gasteiger partial charge in [-0.2, -0.15) is 0 Å². The number of carboxylic acid groups (broad SMARTS) is 1. The lowest BCUT2D eigenvalue weighted by Gasteiger charge is -2.14. The minimum atomic E-state index is -0.996. The van der Waals surface area contributed by atoms with Gasteiger partial charge in [-0.05, 0) is 35.7 Å². The molecule has 0 spiro atoms. The first-order chi connectivity index (χ1) is 14.6. The molecule has 0 radical (unpaired) electrons. The quantitative estimate of drug-likeness (QED) is 0.310. The number of rotatable bonds is 7. The van der Waals surface area contributed by atoms with E-state index in [1.54, 1.807) is 29.9 Å². The number of pyridine rings is 1. The SMILES string of the molecule is N=Cc1c(-c2ccoc2)cc(-c2cccs2)nc1OCc1ccc(C(=O)O)cc1Br. The molecule has 3 aromatic heterocycles. The summed E-state index contributed by atoms with van der Waals surface area (Å²) in [6, 6.07) is 12.4. The number of benzene rings is 1. The fourth-order valence-electron chi connectivity index (χ4n) is 2.93. The number of nitrogens with one attached hydrogen (secondary N) is 1. The van der Waals surface area contributed by atoms with E-state index in [0.29, 0.717) is 15.9 Å². The van der Waals surface area contributed by atoms with E-state index in [9.17, 15) is 4.79 Å². The summed E-state index contributed by atoms with van der Waals surface area (Å²) in [7, 11) is 0. The highest BCUT2D eigenvalue weighted by atomic mass is 79.9. The fourth-order valence-corrected chi connectivity index (χ4v) is 4.11. The van der Waals surface area contributed by atoms with Crippen molar-refractivity contribution in [1.29, 1.82) is 5.41 Å². The molecule has 0 bridgehead atoms. The Morgan fingerprint density at radius 3 is 2.80 bits per heavy atom. The van der Waals surface area contributed by atoms with Gasteiger partial charge in [0.25, 0.3) is 0 Å². The summed E-state index contributed by atoms with van der Waals surface area (Å²) in [4.78, 5) is 16.8. The van der Waals surface area contributed by atoms with Gasteiger partial charge in [0.1, 0.15) is 6.61 Å². The van der Waals surface area contributed by atoms with E-state index in [1.165, 1.54) is 18.3 Å². The molecule has 6 nitrogen and oxygen atoms in total. The molecule has 0 aliphatic carbocycles. The molecule has 0 unspecified atom stereocenters. The zero-order chi connectivity index (χ0) is 21.1. The summed E-state index contributed by atoms with van der Waals surface area (Å²) in [5.41, 5.74) is 3.84. The molecule has 0 saturated heterocycles. The Balaban J connectivity index is 1.73. The average molecular weight is 483 g/mol. The minimum absolute atomic E-state index is 0.160. The van der Waals surface area contributed by atoms with Crippen LogP contribution >= 0.6 is 27.3 Å². The van der Waals surface area contributed by atoms with Crippen LogP contribution in [0.1, 0.15) is 21.5 Å².